The second kappa shape index (κ2) is 7.36. The van der Waals surface area contributed by atoms with Crippen molar-refractivity contribution in [3.05, 3.63) is 0 Å². The molecule has 0 aromatic heterocycles. The summed E-state index contributed by atoms with van der Waals surface area (Å²) in [5.74, 6) is 2.60. The molecular formula is C10H19N3O. The van der Waals surface area contributed by atoms with Crippen LogP contribution in [0.3, 0.4) is 0 Å². The summed E-state index contributed by atoms with van der Waals surface area (Å²) in [6.45, 7) is 1.16. The Morgan fingerprint density at radius 2 is 2.29 bits per heavy atom. The number of terminal acetylenes is 1. The van der Waals surface area contributed by atoms with E-state index in [0.29, 0.717) is 25.9 Å². The number of hydrogen-bond acceptors (Lipinski definition) is 3. The van der Waals surface area contributed by atoms with Gasteiger partial charge in [0.05, 0.1) is 0 Å². The number of nitrogens with two attached hydrogens (primary N) is 1. The molecule has 0 aliphatic heterocycles. The van der Waals surface area contributed by atoms with E-state index in [1.807, 2.05) is 0 Å². The van der Waals surface area contributed by atoms with Crippen LogP contribution in [0.5, 0.6) is 0 Å². The van der Waals surface area contributed by atoms with E-state index < -0.39 is 0 Å². The summed E-state index contributed by atoms with van der Waals surface area (Å²) in [4.78, 5) is 12.9. The Balaban J connectivity index is 3.79. The zero-order valence-electron chi connectivity index (χ0n) is 8.92. The summed E-state index contributed by atoms with van der Waals surface area (Å²) in [7, 11) is 3.47. The smallest absolute Gasteiger partial charge is 0.223 e. The minimum absolute atomic E-state index is 0.0262. The molecule has 14 heavy (non-hydrogen) atoms. The molecule has 0 aromatic carbocycles. The molecule has 1 amide bonds. The topological polar surface area (TPSA) is 58.4 Å². The van der Waals surface area contributed by atoms with Crippen molar-refractivity contribution in [3.63, 3.8) is 0 Å². The molecule has 0 fully saturated rings. The van der Waals surface area contributed by atoms with Crippen LogP contribution >= 0.6 is 0 Å². The predicted molar refractivity (Wildman–Crippen MR) is 57.6 cm³/mol. The van der Waals surface area contributed by atoms with Crippen LogP contribution in [0.2, 0.25) is 0 Å². The lowest BCUT2D eigenvalue weighted by Crippen LogP contribution is -2.40. The fourth-order valence-electron chi connectivity index (χ4n) is 0.981. The SMILES string of the molecule is C#CCCNC(CN)CC(=O)N(C)C. The quantitative estimate of drug-likeness (QED) is 0.442. The molecule has 0 spiro atoms. The normalized spacial score (nSPS) is 11.9. The third-order valence-electron chi connectivity index (χ3n) is 1.91. The molecule has 0 saturated heterocycles. The van der Waals surface area contributed by atoms with Crippen LogP contribution in [-0.2, 0) is 4.79 Å². The lowest BCUT2D eigenvalue weighted by molar-refractivity contribution is -0.129. The number of rotatable bonds is 6. The van der Waals surface area contributed by atoms with Crippen molar-refractivity contribution in [1.82, 2.24) is 10.2 Å². The first-order valence-corrected chi connectivity index (χ1v) is 4.68. The van der Waals surface area contributed by atoms with Crippen LogP contribution < -0.4 is 11.1 Å². The maximum absolute atomic E-state index is 11.3. The minimum Gasteiger partial charge on any atom is -0.349 e. The monoisotopic (exact) mass is 197 g/mol. The number of nitrogens with zero attached hydrogens (tertiary/aromatic N) is 1. The average Bonchev–Trinajstić information content (AvgIpc) is 2.16. The number of amides is 1. The highest BCUT2D eigenvalue weighted by atomic mass is 16.2. The molecule has 0 bridgehead atoms. The largest absolute Gasteiger partial charge is 0.349 e. The van der Waals surface area contributed by atoms with Crippen molar-refractivity contribution in [2.24, 2.45) is 5.73 Å². The maximum Gasteiger partial charge on any atom is 0.223 e. The first kappa shape index (κ1) is 12.9. The van der Waals surface area contributed by atoms with Crippen molar-refractivity contribution < 1.29 is 4.79 Å². The maximum atomic E-state index is 11.3. The van der Waals surface area contributed by atoms with Gasteiger partial charge in [-0.1, -0.05) is 0 Å². The van der Waals surface area contributed by atoms with E-state index in [4.69, 9.17) is 12.2 Å². The van der Waals surface area contributed by atoms with E-state index in [1.165, 1.54) is 0 Å². The summed E-state index contributed by atoms with van der Waals surface area (Å²) >= 11 is 0. The van der Waals surface area contributed by atoms with Gasteiger partial charge >= 0.3 is 0 Å². The molecule has 0 aromatic rings. The molecule has 0 rings (SSSR count). The predicted octanol–water partition coefficient (Wildman–Crippen LogP) is -0.595. The van der Waals surface area contributed by atoms with Gasteiger partial charge in [-0.2, -0.15) is 0 Å². The summed E-state index contributed by atoms with van der Waals surface area (Å²) in [5, 5.41) is 3.14. The van der Waals surface area contributed by atoms with Crippen LogP contribution in [0, 0.1) is 12.3 Å². The molecule has 1 atom stereocenters. The molecule has 4 heteroatoms. The molecule has 1 unspecified atom stereocenters. The van der Waals surface area contributed by atoms with Gasteiger partial charge in [-0.05, 0) is 0 Å². The summed E-state index contributed by atoms with van der Waals surface area (Å²) in [5.41, 5.74) is 5.52. The molecular weight excluding hydrogens is 178 g/mol. The molecule has 0 radical (unpaired) electrons. The zero-order valence-corrected chi connectivity index (χ0v) is 8.92. The van der Waals surface area contributed by atoms with Crippen LogP contribution in [0.1, 0.15) is 12.8 Å². The van der Waals surface area contributed by atoms with Crippen LogP contribution in [0.4, 0.5) is 0 Å². The van der Waals surface area contributed by atoms with Gasteiger partial charge in [-0.25, -0.2) is 0 Å². The van der Waals surface area contributed by atoms with Crippen molar-refractivity contribution in [1.29, 1.82) is 0 Å². The molecule has 0 aliphatic rings. The first-order chi connectivity index (χ1) is 6.61. The molecule has 3 N–H and O–H groups in total. The molecule has 0 aliphatic carbocycles. The van der Waals surface area contributed by atoms with Crippen LogP contribution in [-0.4, -0.2) is 44.0 Å². The van der Waals surface area contributed by atoms with Gasteiger partial charge in [0.1, 0.15) is 0 Å². The lowest BCUT2D eigenvalue weighted by atomic mass is 10.2. The van der Waals surface area contributed by atoms with E-state index in [-0.39, 0.29) is 11.9 Å². The summed E-state index contributed by atoms with van der Waals surface area (Å²) in [6, 6.07) is 0.0262. The highest BCUT2D eigenvalue weighted by Gasteiger charge is 2.12. The zero-order chi connectivity index (χ0) is 11.0. The van der Waals surface area contributed by atoms with Gasteiger partial charge in [0.2, 0.25) is 5.91 Å². The molecule has 0 heterocycles. The van der Waals surface area contributed by atoms with Crippen LogP contribution in [0.15, 0.2) is 0 Å². The van der Waals surface area contributed by atoms with Crippen molar-refractivity contribution in [3.8, 4) is 12.3 Å². The number of hydrogen-bond donors (Lipinski definition) is 2. The second-order valence-electron chi connectivity index (χ2n) is 3.33. The van der Waals surface area contributed by atoms with Gasteiger partial charge in [0.15, 0.2) is 0 Å². The Bertz CT molecular complexity index is 208. The van der Waals surface area contributed by atoms with Crippen molar-refractivity contribution in [2.75, 3.05) is 27.2 Å². The van der Waals surface area contributed by atoms with E-state index >= 15 is 0 Å². The Labute approximate surface area is 85.8 Å². The summed E-state index contributed by atoms with van der Waals surface area (Å²) in [6.07, 6.45) is 6.19. The Kier molecular flexibility index (Phi) is 6.81. The lowest BCUT2D eigenvalue weighted by Gasteiger charge is -2.18. The fourth-order valence-corrected chi connectivity index (χ4v) is 0.981. The first-order valence-electron chi connectivity index (χ1n) is 4.68. The van der Waals surface area contributed by atoms with E-state index in [9.17, 15) is 4.79 Å². The Morgan fingerprint density at radius 3 is 2.71 bits per heavy atom. The summed E-state index contributed by atoms with van der Waals surface area (Å²) < 4.78 is 0. The van der Waals surface area contributed by atoms with Gasteiger partial charge in [-0.3, -0.25) is 4.79 Å². The Hall–Kier alpha value is -1.05. The van der Waals surface area contributed by atoms with Gasteiger partial charge < -0.3 is 16.0 Å². The van der Waals surface area contributed by atoms with E-state index in [2.05, 4.69) is 11.2 Å². The van der Waals surface area contributed by atoms with Crippen LogP contribution in [0.25, 0.3) is 0 Å². The standard InChI is InChI=1S/C10H19N3O/c1-4-5-6-12-9(8-11)7-10(14)13(2)3/h1,9,12H,5-8,11H2,2-3H3. The molecule has 0 saturated carbocycles. The van der Waals surface area contributed by atoms with Gasteiger partial charge in [0.25, 0.3) is 0 Å². The third kappa shape index (κ3) is 5.57. The Morgan fingerprint density at radius 1 is 1.64 bits per heavy atom. The molecule has 4 nitrogen and oxygen atoms in total. The number of nitrogens with one attached hydrogen (secondary N) is 1. The van der Waals surface area contributed by atoms with E-state index in [1.54, 1.807) is 19.0 Å². The third-order valence-corrected chi connectivity index (χ3v) is 1.91. The highest BCUT2D eigenvalue weighted by molar-refractivity contribution is 5.76. The second-order valence-corrected chi connectivity index (χ2v) is 3.33. The number of carbonyl (C=O) groups is 1. The van der Waals surface area contributed by atoms with Gasteiger partial charge in [0, 0.05) is 46.1 Å². The fraction of sp³-hybridized carbons (Fsp3) is 0.700. The van der Waals surface area contributed by atoms with Crippen molar-refractivity contribution >= 4 is 5.91 Å². The number of carbonyl (C=O) groups excluding carboxylic acids is 1. The van der Waals surface area contributed by atoms with Crippen molar-refractivity contribution in [2.45, 2.75) is 18.9 Å². The van der Waals surface area contributed by atoms with E-state index in [0.717, 1.165) is 0 Å². The molecule has 80 valence electrons. The highest BCUT2D eigenvalue weighted by Crippen LogP contribution is 1.94. The average molecular weight is 197 g/mol. The minimum atomic E-state index is 0.0262. The van der Waals surface area contributed by atoms with Gasteiger partial charge in [-0.15, -0.1) is 12.3 Å².